The lowest BCUT2D eigenvalue weighted by Gasteiger charge is -2.31. The highest BCUT2D eigenvalue weighted by atomic mass is 32.2. The van der Waals surface area contributed by atoms with Gasteiger partial charge in [0, 0.05) is 29.0 Å². The van der Waals surface area contributed by atoms with Crippen molar-refractivity contribution in [2.45, 2.75) is 23.7 Å². The van der Waals surface area contributed by atoms with E-state index in [-0.39, 0.29) is 10.8 Å². The third-order valence-electron chi connectivity index (χ3n) is 5.56. The van der Waals surface area contributed by atoms with Crippen LogP contribution in [0.4, 0.5) is 5.69 Å². The highest BCUT2D eigenvalue weighted by Crippen LogP contribution is 2.33. The van der Waals surface area contributed by atoms with Crippen molar-refractivity contribution >= 4 is 32.3 Å². The summed E-state index contributed by atoms with van der Waals surface area (Å²) in [5, 5.41) is 4.10. The van der Waals surface area contributed by atoms with Gasteiger partial charge in [-0.15, -0.1) is 0 Å². The number of benzene rings is 2. The zero-order chi connectivity index (χ0) is 20.4. The first-order valence-corrected chi connectivity index (χ1v) is 11.7. The summed E-state index contributed by atoms with van der Waals surface area (Å²) in [6.45, 7) is 2.03. The van der Waals surface area contributed by atoms with Gasteiger partial charge in [-0.3, -0.25) is 9.69 Å². The van der Waals surface area contributed by atoms with Crippen LogP contribution in [0, 0.1) is 0 Å². The lowest BCUT2D eigenvalue weighted by Crippen LogP contribution is -2.38. The second kappa shape index (κ2) is 8.00. The van der Waals surface area contributed by atoms with Crippen LogP contribution in [0.15, 0.2) is 59.6 Å². The highest BCUT2D eigenvalue weighted by molar-refractivity contribution is 7.90. The van der Waals surface area contributed by atoms with Crippen molar-refractivity contribution in [1.82, 2.24) is 9.88 Å². The standard InChI is InChI=1S/C22H25N3O3S/c1-29(27,28)18-6-4-5-17(13-18)24-22(26)15-25-11-9-16(10-12-25)20-14-23-21-8-3-2-7-19(20)21/h2-8,13-14,16,23H,9-12,15H2,1H3,(H,24,26). The van der Waals surface area contributed by atoms with Crippen molar-refractivity contribution in [3.8, 4) is 0 Å². The summed E-state index contributed by atoms with van der Waals surface area (Å²) in [4.78, 5) is 18.1. The monoisotopic (exact) mass is 411 g/mol. The van der Waals surface area contributed by atoms with Crippen molar-refractivity contribution < 1.29 is 13.2 Å². The molecule has 3 aromatic rings. The number of carbonyl (C=O) groups is 1. The fraction of sp³-hybridized carbons (Fsp3) is 0.318. The largest absolute Gasteiger partial charge is 0.361 e. The number of para-hydroxylation sites is 1. The molecule has 1 amide bonds. The molecule has 0 saturated carbocycles. The number of hydrogen-bond acceptors (Lipinski definition) is 4. The van der Waals surface area contributed by atoms with E-state index >= 15 is 0 Å². The van der Waals surface area contributed by atoms with Gasteiger partial charge in [-0.1, -0.05) is 24.3 Å². The van der Waals surface area contributed by atoms with Gasteiger partial charge in [0.1, 0.15) is 0 Å². The normalized spacial score (nSPS) is 16.2. The maximum absolute atomic E-state index is 12.4. The molecular formula is C22H25N3O3S. The number of nitrogens with one attached hydrogen (secondary N) is 2. The van der Waals surface area contributed by atoms with Gasteiger partial charge in [0.2, 0.25) is 5.91 Å². The topological polar surface area (TPSA) is 82.3 Å². The van der Waals surface area contributed by atoms with Crippen molar-refractivity contribution in [2.24, 2.45) is 0 Å². The smallest absolute Gasteiger partial charge is 0.238 e. The molecule has 2 N–H and O–H groups in total. The molecule has 0 bridgehead atoms. The molecule has 29 heavy (non-hydrogen) atoms. The Kier molecular flexibility index (Phi) is 5.43. The third kappa shape index (κ3) is 4.52. The Morgan fingerprint density at radius 3 is 2.66 bits per heavy atom. The predicted molar refractivity (Wildman–Crippen MR) is 115 cm³/mol. The lowest BCUT2D eigenvalue weighted by molar-refractivity contribution is -0.117. The fourth-order valence-corrected chi connectivity index (χ4v) is 4.71. The predicted octanol–water partition coefficient (Wildman–Crippen LogP) is 3.39. The number of amides is 1. The number of carbonyl (C=O) groups excluding carboxylic acids is 1. The molecule has 0 spiro atoms. The van der Waals surface area contributed by atoms with E-state index < -0.39 is 9.84 Å². The molecule has 1 aliphatic heterocycles. The Hall–Kier alpha value is -2.64. The summed E-state index contributed by atoms with van der Waals surface area (Å²) in [5.41, 5.74) is 3.04. The number of nitrogens with zero attached hydrogens (tertiary/aromatic N) is 1. The summed E-state index contributed by atoms with van der Waals surface area (Å²) in [7, 11) is -3.30. The number of aromatic nitrogens is 1. The summed E-state index contributed by atoms with van der Waals surface area (Å²) in [6.07, 6.45) is 5.30. The van der Waals surface area contributed by atoms with Crippen LogP contribution in [0.25, 0.3) is 10.9 Å². The molecule has 0 radical (unpaired) electrons. The second-order valence-corrected chi connectivity index (χ2v) is 9.70. The van der Waals surface area contributed by atoms with Gasteiger partial charge in [-0.25, -0.2) is 8.42 Å². The zero-order valence-corrected chi connectivity index (χ0v) is 17.2. The maximum atomic E-state index is 12.4. The molecule has 1 saturated heterocycles. The van der Waals surface area contributed by atoms with Crippen LogP contribution in [0.2, 0.25) is 0 Å². The summed E-state index contributed by atoms with van der Waals surface area (Å²) >= 11 is 0. The van der Waals surface area contributed by atoms with Gasteiger partial charge >= 0.3 is 0 Å². The summed E-state index contributed by atoms with van der Waals surface area (Å²) in [6, 6.07) is 14.7. The number of likely N-dealkylation sites (tertiary alicyclic amines) is 1. The summed E-state index contributed by atoms with van der Waals surface area (Å²) < 4.78 is 23.3. The van der Waals surface area contributed by atoms with E-state index in [4.69, 9.17) is 0 Å². The molecule has 0 atom stereocenters. The fourth-order valence-electron chi connectivity index (χ4n) is 4.04. The molecule has 0 aliphatic carbocycles. The molecule has 1 aromatic heterocycles. The molecule has 6 nitrogen and oxygen atoms in total. The minimum absolute atomic E-state index is 0.124. The Morgan fingerprint density at radius 2 is 1.90 bits per heavy atom. The van der Waals surface area contributed by atoms with Gasteiger partial charge in [-0.05, 0) is 61.7 Å². The number of aromatic amines is 1. The maximum Gasteiger partial charge on any atom is 0.238 e. The first kappa shape index (κ1) is 19.7. The van der Waals surface area contributed by atoms with Crippen LogP contribution < -0.4 is 5.32 Å². The molecule has 1 fully saturated rings. The number of H-pyrrole nitrogens is 1. The molecular weight excluding hydrogens is 386 g/mol. The minimum atomic E-state index is -3.30. The van der Waals surface area contributed by atoms with Crippen molar-refractivity contribution in [1.29, 1.82) is 0 Å². The van der Waals surface area contributed by atoms with E-state index in [1.165, 1.54) is 28.6 Å². The molecule has 4 rings (SSSR count). The number of sulfone groups is 1. The third-order valence-corrected chi connectivity index (χ3v) is 6.67. The van der Waals surface area contributed by atoms with Gasteiger partial charge in [0.05, 0.1) is 11.4 Å². The Bertz CT molecular complexity index is 1130. The molecule has 2 heterocycles. The van der Waals surface area contributed by atoms with Gasteiger partial charge in [0.15, 0.2) is 9.84 Å². The number of piperidine rings is 1. The first-order chi connectivity index (χ1) is 13.9. The van der Waals surface area contributed by atoms with E-state index in [0.29, 0.717) is 18.2 Å². The Balaban J connectivity index is 1.33. The van der Waals surface area contributed by atoms with Crippen LogP contribution in [0.1, 0.15) is 24.3 Å². The molecule has 1 aliphatic rings. The van der Waals surface area contributed by atoms with Crippen LogP contribution >= 0.6 is 0 Å². The van der Waals surface area contributed by atoms with E-state index in [9.17, 15) is 13.2 Å². The van der Waals surface area contributed by atoms with Crippen molar-refractivity contribution in [2.75, 3.05) is 31.2 Å². The zero-order valence-electron chi connectivity index (χ0n) is 16.4. The minimum Gasteiger partial charge on any atom is -0.361 e. The highest BCUT2D eigenvalue weighted by Gasteiger charge is 2.24. The van der Waals surface area contributed by atoms with E-state index in [1.807, 2.05) is 6.07 Å². The second-order valence-electron chi connectivity index (χ2n) is 7.69. The number of rotatable bonds is 5. The Labute approximate surface area is 170 Å². The van der Waals surface area contributed by atoms with E-state index in [0.717, 1.165) is 32.2 Å². The van der Waals surface area contributed by atoms with Crippen molar-refractivity contribution in [3.05, 3.63) is 60.3 Å². The number of hydrogen-bond donors (Lipinski definition) is 2. The van der Waals surface area contributed by atoms with Crippen LogP contribution in [0.5, 0.6) is 0 Å². The molecule has 0 unspecified atom stereocenters. The molecule has 152 valence electrons. The number of anilines is 1. The Morgan fingerprint density at radius 1 is 1.14 bits per heavy atom. The van der Waals surface area contributed by atoms with Crippen LogP contribution in [0.3, 0.4) is 0 Å². The lowest BCUT2D eigenvalue weighted by atomic mass is 9.89. The van der Waals surface area contributed by atoms with Gasteiger partial charge in [-0.2, -0.15) is 0 Å². The van der Waals surface area contributed by atoms with Crippen molar-refractivity contribution in [3.63, 3.8) is 0 Å². The molecule has 7 heteroatoms. The average Bonchev–Trinajstić information content (AvgIpc) is 3.12. The van der Waals surface area contributed by atoms with E-state index in [1.54, 1.807) is 12.1 Å². The number of fused-ring (bicyclic) bond motifs is 1. The quantitative estimate of drug-likeness (QED) is 0.674. The van der Waals surface area contributed by atoms with Gasteiger partial charge < -0.3 is 10.3 Å². The summed E-state index contributed by atoms with van der Waals surface area (Å²) in [5.74, 6) is 0.373. The first-order valence-electron chi connectivity index (χ1n) is 9.78. The molecule has 2 aromatic carbocycles. The van der Waals surface area contributed by atoms with E-state index in [2.05, 4.69) is 39.6 Å². The van der Waals surface area contributed by atoms with Crippen LogP contribution in [-0.2, 0) is 14.6 Å². The SMILES string of the molecule is CS(=O)(=O)c1cccc(NC(=O)CN2CCC(c3c[nH]c4ccccc34)CC2)c1. The average molecular weight is 412 g/mol. The van der Waals surface area contributed by atoms with Crippen LogP contribution in [-0.4, -0.2) is 50.1 Å². The van der Waals surface area contributed by atoms with Gasteiger partial charge in [0.25, 0.3) is 0 Å².